The second kappa shape index (κ2) is 10.4. The molecule has 5 nitrogen and oxygen atoms in total. The maximum atomic E-state index is 14.3. The number of carbonyl (C=O) groups is 1. The number of aryl methyl sites for hydroxylation is 2. The number of hydrogen-bond donors (Lipinski definition) is 0. The molecule has 1 heterocycles. The van der Waals surface area contributed by atoms with E-state index >= 15 is 0 Å². The molecule has 1 aromatic heterocycles. The largest absolute Gasteiger partial charge is 0.339 e. The van der Waals surface area contributed by atoms with E-state index in [1.807, 2.05) is 45.9 Å². The Morgan fingerprint density at radius 2 is 1.69 bits per heavy atom. The molecule has 0 aliphatic rings. The van der Waals surface area contributed by atoms with E-state index in [-0.39, 0.29) is 17.3 Å². The maximum Gasteiger partial charge on any atom is 0.266 e. The van der Waals surface area contributed by atoms with Gasteiger partial charge in [0.05, 0.1) is 16.6 Å². The van der Waals surface area contributed by atoms with Gasteiger partial charge in [0.15, 0.2) is 5.16 Å². The van der Waals surface area contributed by atoms with Crippen molar-refractivity contribution in [2.24, 2.45) is 0 Å². The van der Waals surface area contributed by atoms with Gasteiger partial charge in [0, 0.05) is 24.4 Å². The van der Waals surface area contributed by atoms with Gasteiger partial charge in [0.25, 0.3) is 11.5 Å². The van der Waals surface area contributed by atoms with Crippen molar-refractivity contribution in [2.75, 3.05) is 13.1 Å². The standard InChI is InChI=1S/C28H28FN3O2S/c1-5-31(6-2)26(33)20-11-12-23-25(16-20)30-28(35-17-21-9-7-8-10-24(21)29)32(27(23)34)22-14-18(3)13-19(4)15-22/h7-16H,5-6,17H2,1-4H3. The van der Waals surface area contributed by atoms with Crippen LogP contribution in [0.5, 0.6) is 0 Å². The molecule has 7 heteroatoms. The Bertz CT molecular complexity index is 1440. The molecule has 4 aromatic rings. The van der Waals surface area contributed by atoms with E-state index in [9.17, 15) is 14.0 Å². The topological polar surface area (TPSA) is 55.2 Å². The van der Waals surface area contributed by atoms with E-state index < -0.39 is 0 Å². The van der Waals surface area contributed by atoms with Crippen molar-refractivity contribution in [1.82, 2.24) is 14.5 Å². The minimum Gasteiger partial charge on any atom is -0.339 e. The van der Waals surface area contributed by atoms with E-state index in [2.05, 4.69) is 0 Å². The number of aromatic nitrogens is 2. The first-order valence-electron chi connectivity index (χ1n) is 11.6. The summed E-state index contributed by atoms with van der Waals surface area (Å²) in [4.78, 5) is 33.1. The Hall–Kier alpha value is -3.45. The number of carbonyl (C=O) groups excluding carboxylic acids is 1. The predicted molar refractivity (Wildman–Crippen MR) is 140 cm³/mol. The van der Waals surface area contributed by atoms with Crippen LogP contribution < -0.4 is 5.56 Å². The summed E-state index contributed by atoms with van der Waals surface area (Å²) in [6, 6.07) is 17.5. The molecule has 0 aliphatic heterocycles. The van der Waals surface area contributed by atoms with Gasteiger partial charge in [0.1, 0.15) is 5.82 Å². The summed E-state index contributed by atoms with van der Waals surface area (Å²) in [5, 5.41) is 0.874. The summed E-state index contributed by atoms with van der Waals surface area (Å²) in [6.45, 7) is 9.01. The van der Waals surface area contributed by atoms with Crippen molar-refractivity contribution in [3.05, 3.63) is 99.1 Å². The molecule has 0 fully saturated rings. The molecular weight excluding hydrogens is 461 g/mol. The number of hydrogen-bond acceptors (Lipinski definition) is 4. The van der Waals surface area contributed by atoms with Crippen LogP contribution in [0.2, 0.25) is 0 Å². The second-order valence-corrected chi connectivity index (χ2v) is 9.41. The van der Waals surface area contributed by atoms with Gasteiger partial charge >= 0.3 is 0 Å². The molecule has 180 valence electrons. The summed E-state index contributed by atoms with van der Waals surface area (Å²) in [5.41, 5.74) is 4.00. The summed E-state index contributed by atoms with van der Waals surface area (Å²) in [7, 11) is 0. The Balaban J connectivity index is 1.88. The van der Waals surface area contributed by atoms with Crippen LogP contribution in [-0.4, -0.2) is 33.4 Å². The van der Waals surface area contributed by atoms with Crippen LogP contribution in [0.3, 0.4) is 0 Å². The van der Waals surface area contributed by atoms with E-state index in [4.69, 9.17) is 4.98 Å². The maximum absolute atomic E-state index is 14.3. The van der Waals surface area contributed by atoms with Crippen LogP contribution in [0.25, 0.3) is 16.6 Å². The molecule has 0 atom stereocenters. The summed E-state index contributed by atoms with van der Waals surface area (Å²) in [5.74, 6) is -0.0843. The molecular formula is C28H28FN3O2S. The Kier molecular flexibility index (Phi) is 7.36. The molecule has 4 rings (SSSR count). The minimum atomic E-state index is -0.298. The molecule has 0 unspecified atom stereocenters. The van der Waals surface area contributed by atoms with Crippen molar-refractivity contribution in [3.63, 3.8) is 0 Å². The lowest BCUT2D eigenvalue weighted by molar-refractivity contribution is 0.0773. The molecule has 0 radical (unpaired) electrons. The minimum absolute atomic E-state index is 0.0993. The van der Waals surface area contributed by atoms with Crippen molar-refractivity contribution in [3.8, 4) is 5.69 Å². The fourth-order valence-electron chi connectivity index (χ4n) is 4.15. The zero-order valence-corrected chi connectivity index (χ0v) is 21.2. The van der Waals surface area contributed by atoms with Crippen LogP contribution in [-0.2, 0) is 5.75 Å². The average molecular weight is 490 g/mol. The summed E-state index contributed by atoms with van der Waals surface area (Å²) in [6.07, 6.45) is 0. The first kappa shape index (κ1) is 24.7. The lowest BCUT2D eigenvalue weighted by Gasteiger charge is -2.19. The van der Waals surface area contributed by atoms with E-state index in [1.54, 1.807) is 45.9 Å². The predicted octanol–water partition coefficient (Wildman–Crippen LogP) is 5.92. The normalized spacial score (nSPS) is 11.1. The third-order valence-corrected chi connectivity index (χ3v) is 6.90. The van der Waals surface area contributed by atoms with E-state index in [0.717, 1.165) is 11.1 Å². The second-order valence-electron chi connectivity index (χ2n) is 8.47. The number of halogens is 1. The van der Waals surface area contributed by atoms with Crippen LogP contribution in [0.1, 0.15) is 40.9 Å². The molecule has 0 N–H and O–H groups in total. The van der Waals surface area contributed by atoms with Crippen molar-refractivity contribution in [2.45, 2.75) is 38.6 Å². The van der Waals surface area contributed by atoms with Gasteiger partial charge in [0.2, 0.25) is 0 Å². The highest BCUT2D eigenvalue weighted by Gasteiger charge is 2.18. The first-order chi connectivity index (χ1) is 16.8. The van der Waals surface area contributed by atoms with E-state index in [0.29, 0.717) is 51.7 Å². The Morgan fingerprint density at radius 3 is 2.34 bits per heavy atom. The van der Waals surface area contributed by atoms with Crippen molar-refractivity contribution >= 4 is 28.6 Å². The molecule has 0 saturated carbocycles. The highest BCUT2D eigenvalue weighted by molar-refractivity contribution is 7.98. The molecule has 0 aliphatic carbocycles. The molecule has 35 heavy (non-hydrogen) atoms. The fourth-order valence-corrected chi connectivity index (χ4v) is 5.15. The summed E-state index contributed by atoms with van der Waals surface area (Å²) >= 11 is 1.30. The highest BCUT2D eigenvalue weighted by Crippen LogP contribution is 2.27. The number of rotatable bonds is 7. The van der Waals surface area contributed by atoms with E-state index in [1.165, 1.54) is 17.8 Å². The van der Waals surface area contributed by atoms with Gasteiger partial charge in [-0.25, -0.2) is 9.37 Å². The third kappa shape index (κ3) is 5.15. The Morgan fingerprint density at radius 1 is 1.00 bits per heavy atom. The quantitative estimate of drug-likeness (QED) is 0.239. The van der Waals surface area contributed by atoms with Gasteiger partial charge in [-0.3, -0.25) is 14.2 Å². The van der Waals surface area contributed by atoms with Crippen LogP contribution in [0.4, 0.5) is 4.39 Å². The SMILES string of the molecule is CCN(CC)C(=O)c1ccc2c(=O)n(-c3cc(C)cc(C)c3)c(SCc3ccccc3F)nc2c1. The lowest BCUT2D eigenvalue weighted by atomic mass is 10.1. The number of thioether (sulfide) groups is 1. The van der Waals surface area contributed by atoms with Crippen molar-refractivity contribution in [1.29, 1.82) is 0 Å². The monoisotopic (exact) mass is 489 g/mol. The van der Waals surface area contributed by atoms with Gasteiger partial charge in [-0.15, -0.1) is 0 Å². The van der Waals surface area contributed by atoms with Gasteiger partial charge in [-0.05, 0) is 80.8 Å². The van der Waals surface area contributed by atoms with Gasteiger partial charge < -0.3 is 4.90 Å². The van der Waals surface area contributed by atoms with Crippen LogP contribution in [0.15, 0.2) is 70.6 Å². The molecule has 0 spiro atoms. The highest BCUT2D eigenvalue weighted by atomic mass is 32.2. The lowest BCUT2D eigenvalue weighted by Crippen LogP contribution is -2.30. The zero-order valence-electron chi connectivity index (χ0n) is 20.3. The van der Waals surface area contributed by atoms with Gasteiger partial charge in [-0.2, -0.15) is 0 Å². The molecule has 1 amide bonds. The average Bonchev–Trinajstić information content (AvgIpc) is 2.83. The number of amides is 1. The fraction of sp³-hybridized carbons (Fsp3) is 0.250. The molecule has 3 aromatic carbocycles. The van der Waals surface area contributed by atoms with Crippen molar-refractivity contribution < 1.29 is 9.18 Å². The Labute approximate surface area is 208 Å². The summed E-state index contributed by atoms with van der Waals surface area (Å²) < 4.78 is 15.9. The smallest absolute Gasteiger partial charge is 0.266 e. The number of fused-ring (bicyclic) bond motifs is 1. The number of nitrogens with zero attached hydrogens (tertiary/aromatic N) is 3. The zero-order chi connectivity index (χ0) is 25.1. The number of benzene rings is 3. The van der Waals surface area contributed by atoms with Crippen LogP contribution >= 0.6 is 11.8 Å². The molecule has 0 saturated heterocycles. The first-order valence-corrected chi connectivity index (χ1v) is 12.6. The van der Waals surface area contributed by atoms with Crippen LogP contribution in [0, 0.1) is 19.7 Å². The third-order valence-electron chi connectivity index (χ3n) is 5.92. The molecule has 0 bridgehead atoms. The van der Waals surface area contributed by atoms with Gasteiger partial charge in [-0.1, -0.05) is 36.0 Å².